The Morgan fingerprint density at radius 2 is 2.00 bits per heavy atom. The predicted molar refractivity (Wildman–Crippen MR) is 81.9 cm³/mol. The molecular weight excluding hydrogens is 276 g/mol. The van der Waals surface area contributed by atoms with Gasteiger partial charge < -0.3 is 15.3 Å². The highest BCUT2D eigenvalue weighted by Crippen LogP contribution is 2.17. The number of nitrogens with one attached hydrogen (secondary N) is 1. The molecule has 0 spiro atoms. The molecule has 0 aromatic heterocycles. The van der Waals surface area contributed by atoms with E-state index in [0.29, 0.717) is 11.6 Å². The fraction of sp³-hybridized carbons (Fsp3) is 0.533. The summed E-state index contributed by atoms with van der Waals surface area (Å²) in [4.78, 5) is 13.9. The first-order valence-corrected chi connectivity index (χ1v) is 7.19. The molecule has 1 aromatic rings. The topological polar surface area (TPSA) is 52.6 Å². The molecule has 0 aliphatic carbocycles. The van der Waals surface area contributed by atoms with E-state index in [-0.39, 0.29) is 18.1 Å². The molecule has 0 saturated heterocycles. The van der Waals surface area contributed by atoms with Crippen LogP contribution >= 0.6 is 11.6 Å². The molecule has 0 aliphatic rings. The Morgan fingerprint density at radius 1 is 1.35 bits per heavy atom. The van der Waals surface area contributed by atoms with Crippen LogP contribution in [0.1, 0.15) is 39.3 Å². The Morgan fingerprint density at radius 3 is 2.50 bits per heavy atom. The van der Waals surface area contributed by atoms with Gasteiger partial charge in [-0.05, 0) is 45.4 Å². The Hall–Kier alpha value is -1.26. The van der Waals surface area contributed by atoms with E-state index >= 15 is 0 Å². The quantitative estimate of drug-likeness (QED) is 0.877. The van der Waals surface area contributed by atoms with Gasteiger partial charge in [-0.15, -0.1) is 0 Å². The number of benzene rings is 1. The van der Waals surface area contributed by atoms with Crippen LogP contribution in [0.3, 0.4) is 0 Å². The average molecular weight is 299 g/mol. The van der Waals surface area contributed by atoms with Gasteiger partial charge in [0.05, 0.1) is 12.1 Å². The summed E-state index contributed by atoms with van der Waals surface area (Å²) in [6, 6.07) is 7.11. The van der Waals surface area contributed by atoms with Gasteiger partial charge in [0.25, 0.3) is 0 Å². The minimum Gasteiger partial charge on any atom is -0.392 e. The van der Waals surface area contributed by atoms with Crippen LogP contribution in [0, 0.1) is 0 Å². The lowest BCUT2D eigenvalue weighted by atomic mass is 10.1. The molecule has 0 fully saturated rings. The van der Waals surface area contributed by atoms with Crippen molar-refractivity contribution in [1.82, 2.24) is 10.2 Å². The lowest BCUT2D eigenvalue weighted by molar-refractivity contribution is 0.117. The summed E-state index contributed by atoms with van der Waals surface area (Å²) in [5.74, 6) is 0. The van der Waals surface area contributed by atoms with Crippen LogP contribution in [0.5, 0.6) is 0 Å². The maximum Gasteiger partial charge on any atom is 0.318 e. The maximum absolute atomic E-state index is 12.3. The summed E-state index contributed by atoms with van der Waals surface area (Å²) in [5, 5.41) is 13.0. The Bertz CT molecular complexity index is 449. The molecule has 5 heteroatoms. The van der Waals surface area contributed by atoms with Gasteiger partial charge in [0.2, 0.25) is 0 Å². The van der Waals surface area contributed by atoms with Crippen LogP contribution in [0.15, 0.2) is 24.3 Å². The molecule has 20 heavy (non-hydrogen) atoms. The lowest BCUT2D eigenvalue weighted by Gasteiger charge is -2.29. The van der Waals surface area contributed by atoms with Crippen molar-refractivity contribution in [2.75, 3.05) is 6.54 Å². The molecule has 1 rings (SSSR count). The molecule has 2 unspecified atom stereocenters. The fourth-order valence-corrected chi connectivity index (χ4v) is 2.14. The average Bonchev–Trinajstić information content (AvgIpc) is 2.35. The maximum atomic E-state index is 12.3. The zero-order valence-corrected chi connectivity index (χ0v) is 13.2. The monoisotopic (exact) mass is 298 g/mol. The first-order chi connectivity index (χ1) is 9.31. The molecule has 2 N–H and O–H groups in total. The fourth-order valence-electron chi connectivity index (χ4n) is 1.94. The smallest absolute Gasteiger partial charge is 0.318 e. The number of amides is 2. The number of urea groups is 1. The molecule has 4 nitrogen and oxygen atoms in total. The molecule has 1 aromatic carbocycles. The Labute approximate surface area is 125 Å². The zero-order valence-electron chi connectivity index (χ0n) is 12.4. The van der Waals surface area contributed by atoms with Crippen LogP contribution in [0.4, 0.5) is 4.79 Å². The van der Waals surface area contributed by atoms with Crippen LogP contribution in [0.25, 0.3) is 0 Å². The van der Waals surface area contributed by atoms with E-state index in [0.717, 1.165) is 5.56 Å². The third kappa shape index (κ3) is 5.02. The first-order valence-electron chi connectivity index (χ1n) is 6.82. The summed E-state index contributed by atoms with van der Waals surface area (Å²) in [7, 11) is 0. The second-order valence-electron chi connectivity index (χ2n) is 5.32. The van der Waals surface area contributed by atoms with E-state index in [1.54, 1.807) is 17.9 Å². The summed E-state index contributed by atoms with van der Waals surface area (Å²) in [6.45, 7) is 7.73. The summed E-state index contributed by atoms with van der Waals surface area (Å²) in [5.41, 5.74) is 0.951. The van der Waals surface area contributed by atoms with E-state index in [1.165, 1.54) is 0 Å². The number of carbonyl (C=O) groups excluding carboxylic acids is 1. The number of aliphatic hydroxyl groups excluding tert-OH is 1. The van der Waals surface area contributed by atoms with Gasteiger partial charge >= 0.3 is 6.03 Å². The van der Waals surface area contributed by atoms with Gasteiger partial charge in [0, 0.05) is 17.6 Å². The molecule has 2 amide bonds. The van der Waals surface area contributed by atoms with Crippen molar-refractivity contribution in [1.29, 1.82) is 0 Å². The highest BCUT2D eigenvalue weighted by molar-refractivity contribution is 6.30. The molecule has 0 bridgehead atoms. The highest BCUT2D eigenvalue weighted by atomic mass is 35.5. The largest absolute Gasteiger partial charge is 0.392 e. The molecule has 2 atom stereocenters. The number of aliphatic hydroxyl groups is 1. The zero-order chi connectivity index (χ0) is 15.3. The van der Waals surface area contributed by atoms with E-state index < -0.39 is 6.10 Å². The number of nitrogens with zero attached hydrogens (tertiary/aromatic N) is 1. The van der Waals surface area contributed by atoms with Gasteiger partial charge in [-0.2, -0.15) is 0 Å². The molecule has 0 radical (unpaired) electrons. The SMILES string of the molecule is CC(O)CN(C(=O)NC(C)c1cccc(Cl)c1)C(C)C. The minimum absolute atomic E-state index is 0.0242. The van der Waals surface area contributed by atoms with Gasteiger partial charge in [-0.1, -0.05) is 23.7 Å². The third-order valence-electron chi connectivity index (χ3n) is 3.03. The number of carbonyl (C=O) groups is 1. The van der Waals surface area contributed by atoms with Crippen LogP contribution < -0.4 is 5.32 Å². The van der Waals surface area contributed by atoms with Crippen LogP contribution in [0.2, 0.25) is 5.02 Å². The molecule has 0 heterocycles. The first kappa shape index (κ1) is 16.8. The van der Waals surface area contributed by atoms with Crippen molar-refractivity contribution in [3.05, 3.63) is 34.9 Å². The number of halogens is 1. The summed E-state index contributed by atoms with van der Waals surface area (Å²) >= 11 is 5.95. The van der Waals surface area contributed by atoms with Crippen molar-refractivity contribution in [3.8, 4) is 0 Å². The van der Waals surface area contributed by atoms with Gasteiger partial charge in [0.1, 0.15) is 0 Å². The predicted octanol–water partition coefficient (Wildman–Crippen LogP) is 3.20. The van der Waals surface area contributed by atoms with Crippen molar-refractivity contribution in [2.45, 2.75) is 45.9 Å². The third-order valence-corrected chi connectivity index (χ3v) is 3.27. The van der Waals surface area contributed by atoms with Gasteiger partial charge in [-0.25, -0.2) is 4.79 Å². The molecular formula is C15H23ClN2O2. The minimum atomic E-state index is -0.551. The van der Waals surface area contributed by atoms with E-state index in [9.17, 15) is 9.90 Å². The van der Waals surface area contributed by atoms with Crippen LogP contribution in [-0.2, 0) is 0 Å². The van der Waals surface area contributed by atoms with Crippen molar-refractivity contribution in [3.63, 3.8) is 0 Å². The standard InChI is InChI=1S/C15H23ClN2O2/c1-10(2)18(9-11(3)19)15(20)17-12(4)13-6-5-7-14(16)8-13/h5-8,10-12,19H,9H2,1-4H3,(H,17,20). The van der Waals surface area contributed by atoms with E-state index in [4.69, 9.17) is 11.6 Å². The second-order valence-corrected chi connectivity index (χ2v) is 5.76. The number of rotatable bonds is 5. The van der Waals surface area contributed by atoms with Crippen LogP contribution in [-0.4, -0.2) is 34.7 Å². The van der Waals surface area contributed by atoms with Crippen molar-refractivity contribution in [2.24, 2.45) is 0 Å². The van der Waals surface area contributed by atoms with Crippen molar-refractivity contribution >= 4 is 17.6 Å². The second kappa shape index (κ2) is 7.50. The van der Waals surface area contributed by atoms with Gasteiger partial charge in [0.15, 0.2) is 0 Å². The summed E-state index contributed by atoms with van der Waals surface area (Å²) < 4.78 is 0. The molecule has 0 aliphatic heterocycles. The number of hydrogen-bond donors (Lipinski definition) is 2. The molecule has 112 valence electrons. The number of hydrogen-bond acceptors (Lipinski definition) is 2. The normalized spacial score (nSPS) is 13.9. The molecule has 0 saturated carbocycles. The van der Waals surface area contributed by atoms with Gasteiger partial charge in [-0.3, -0.25) is 0 Å². The van der Waals surface area contributed by atoms with E-state index in [2.05, 4.69) is 5.32 Å². The Kier molecular flexibility index (Phi) is 6.30. The van der Waals surface area contributed by atoms with Crippen molar-refractivity contribution < 1.29 is 9.90 Å². The highest BCUT2D eigenvalue weighted by Gasteiger charge is 2.20. The lowest BCUT2D eigenvalue weighted by Crippen LogP contribution is -2.47. The van der Waals surface area contributed by atoms with E-state index in [1.807, 2.05) is 39.0 Å². The summed E-state index contributed by atoms with van der Waals surface area (Å²) in [6.07, 6.45) is -0.551. The Balaban J connectivity index is 2.72.